The molecule has 6 heteroatoms. The van der Waals surface area contributed by atoms with Crippen molar-refractivity contribution < 1.29 is 14.7 Å². The van der Waals surface area contributed by atoms with E-state index >= 15 is 0 Å². The van der Waals surface area contributed by atoms with Crippen molar-refractivity contribution in [3.63, 3.8) is 0 Å². The predicted octanol–water partition coefficient (Wildman–Crippen LogP) is 2.16. The molecule has 1 aromatic heterocycles. The van der Waals surface area contributed by atoms with Crippen LogP contribution in [0.1, 0.15) is 16.1 Å². The number of carboxylic acids is 1. The molecule has 0 saturated carbocycles. The zero-order valence-electron chi connectivity index (χ0n) is 8.27. The first-order chi connectivity index (χ1) is 7.56. The van der Waals surface area contributed by atoms with Gasteiger partial charge in [-0.05, 0) is 17.9 Å². The minimum atomic E-state index is -1.10. The number of amides is 1. The number of rotatable bonds is 5. The second-order valence-electron chi connectivity index (χ2n) is 2.99. The van der Waals surface area contributed by atoms with Gasteiger partial charge < -0.3 is 10.4 Å². The number of carboxylic acid groups (broad SMARTS) is 1. The van der Waals surface area contributed by atoms with Crippen LogP contribution < -0.4 is 5.32 Å². The first-order valence-electron chi connectivity index (χ1n) is 4.43. The maximum Gasteiger partial charge on any atom is 0.326 e. The highest BCUT2D eigenvalue weighted by Crippen LogP contribution is 2.21. The Hall–Kier alpha value is -1.33. The summed E-state index contributed by atoms with van der Waals surface area (Å²) in [5.74, 6) is -1.57. The van der Waals surface area contributed by atoms with E-state index in [4.69, 9.17) is 16.7 Å². The van der Waals surface area contributed by atoms with E-state index in [1.807, 2.05) is 0 Å². The highest BCUT2D eigenvalue weighted by molar-refractivity contribution is 7.12. The zero-order chi connectivity index (χ0) is 12.1. The fraction of sp³-hybridized carbons (Fsp3) is 0.200. The van der Waals surface area contributed by atoms with Crippen molar-refractivity contribution >= 4 is 34.8 Å². The van der Waals surface area contributed by atoms with E-state index in [9.17, 15) is 9.59 Å². The molecule has 86 valence electrons. The molecule has 1 rings (SSSR count). The fourth-order valence-electron chi connectivity index (χ4n) is 1.07. The van der Waals surface area contributed by atoms with Crippen LogP contribution in [0.2, 0.25) is 5.02 Å². The summed E-state index contributed by atoms with van der Waals surface area (Å²) < 4.78 is 0. The number of carbonyl (C=O) groups is 2. The SMILES string of the molecule is C=CCC(NC(=O)c1sccc1Cl)C(=O)O. The first kappa shape index (κ1) is 12.7. The third kappa shape index (κ3) is 3.08. The highest BCUT2D eigenvalue weighted by atomic mass is 35.5. The van der Waals surface area contributed by atoms with Gasteiger partial charge in [0.15, 0.2) is 0 Å². The van der Waals surface area contributed by atoms with Gasteiger partial charge in [-0.3, -0.25) is 4.79 Å². The van der Waals surface area contributed by atoms with Crippen LogP contribution in [0.5, 0.6) is 0 Å². The average Bonchev–Trinajstić information content (AvgIpc) is 2.63. The minimum Gasteiger partial charge on any atom is -0.480 e. The summed E-state index contributed by atoms with van der Waals surface area (Å²) in [5.41, 5.74) is 0. The van der Waals surface area contributed by atoms with E-state index in [1.54, 1.807) is 11.4 Å². The molecule has 0 bridgehead atoms. The molecule has 0 aliphatic carbocycles. The molecular weight excluding hydrogens is 250 g/mol. The molecule has 2 N–H and O–H groups in total. The van der Waals surface area contributed by atoms with Gasteiger partial charge in [-0.15, -0.1) is 17.9 Å². The summed E-state index contributed by atoms with van der Waals surface area (Å²) in [5, 5.41) is 13.2. The Bertz CT molecular complexity index is 416. The van der Waals surface area contributed by atoms with Crippen LogP contribution >= 0.6 is 22.9 Å². The van der Waals surface area contributed by atoms with Crippen molar-refractivity contribution in [1.29, 1.82) is 0 Å². The minimum absolute atomic E-state index is 0.171. The van der Waals surface area contributed by atoms with Gasteiger partial charge in [0.25, 0.3) is 5.91 Å². The number of halogens is 1. The van der Waals surface area contributed by atoms with E-state index in [1.165, 1.54) is 17.4 Å². The molecule has 1 unspecified atom stereocenters. The number of hydrogen-bond acceptors (Lipinski definition) is 3. The Balaban J connectivity index is 2.72. The molecule has 0 fully saturated rings. The average molecular weight is 260 g/mol. The third-order valence-electron chi connectivity index (χ3n) is 1.83. The summed E-state index contributed by atoms with van der Waals surface area (Å²) in [4.78, 5) is 22.7. The first-order valence-corrected chi connectivity index (χ1v) is 5.69. The summed E-state index contributed by atoms with van der Waals surface area (Å²) in [6.45, 7) is 3.43. The van der Waals surface area contributed by atoms with Crippen molar-refractivity contribution in [3.05, 3.63) is 34.0 Å². The summed E-state index contributed by atoms with van der Waals surface area (Å²) in [7, 11) is 0. The molecule has 0 aliphatic rings. The van der Waals surface area contributed by atoms with Crippen molar-refractivity contribution in [2.75, 3.05) is 0 Å². The van der Waals surface area contributed by atoms with E-state index < -0.39 is 17.9 Å². The Labute approximate surface area is 102 Å². The van der Waals surface area contributed by atoms with E-state index in [2.05, 4.69) is 11.9 Å². The normalized spacial score (nSPS) is 11.8. The van der Waals surface area contributed by atoms with Gasteiger partial charge in [0.2, 0.25) is 0 Å². The van der Waals surface area contributed by atoms with Gasteiger partial charge in [0.1, 0.15) is 10.9 Å². The number of carbonyl (C=O) groups excluding carboxylic acids is 1. The number of thiophene rings is 1. The van der Waals surface area contributed by atoms with Crippen molar-refractivity contribution in [2.24, 2.45) is 0 Å². The highest BCUT2D eigenvalue weighted by Gasteiger charge is 2.21. The molecule has 1 heterocycles. The van der Waals surface area contributed by atoms with Gasteiger partial charge in [0.05, 0.1) is 5.02 Å². The lowest BCUT2D eigenvalue weighted by atomic mass is 10.2. The summed E-state index contributed by atoms with van der Waals surface area (Å²) in [6.07, 6.45) is 1.61. The topological polar surface area (TPSA) is 66.4 Å². The monoisotopic (exact) mass is 259 g/mol. The van der Waals surface area contributed by atoms with Crippen LogP contribution in [-0.2, 0) is 4.79 Å². The molecule has 1 aromatic rings. The van der Waals surface area contributed by atoms with Crippen LogP contribution in [0, 0.1) is 0 Å². The zero-order valence-corrected chi connectivity index (χ0v) is 9.85. The molecule has 4 nitrogen and oxygen atoms in total. The van der Waals surface area contributed by atoms with E-state index in [-0.39, 0.29) is 6.42 Å². The quantitative estimate of drug-likeness (QED) is 0.797. The third-order valence-corrected chi connectivity index (χ3v) is 3.17. The van der Waals surface area contributed by atoms with Gasteiger partial charge in [-0.1, -0.05) is 17.7 Å². The molecule has 16 heavy (non-hydrogen) atoms. The molecule has 0 aliphatic heterocycles. The van der Waals surface area contributed by atoms with E-state index in [0.717, 1.165) is 0 Å². The standard InChI is InChI=1S/C10H10ClNO3S/c1-2-3-7(10(14)15)12-9(13)8-6(11)4-5-16-8/h2,4-5,7H,1,3H2,(H,12,13)(H,14,15). The molecule has 0 saturated heterocycles. The maximum absolute atomic E-state index is 11.6. The largest absolute Gasteiger partial charge is 0.480 e. The predicted molar refractivity (Wildman–Crippen MR) is 63.0 cm³/mol. The smallest absolute Gasteiger partial charge is 0.326 e. The summed E-state index contributed by atoms with van der Waals surface area (Å²) >= 11 is 6.92. The van der Waals surface area contributed by atoms with Crippen LogP contribution in [0.25, 0.3) is 0 Å². The number of aliphatic carboxylic acids is 1. The maximum atomic E-state index is 11.6. The summed E-state index contributed by atoms with van der Waals surface area (Å²) in [6, 6.07) is 0.618. The Morgan fingerprint density at radius 3 is 2.81 bits per heavy atom. The van der Waals surface area contributed by atoms with Crippen molar-refractivity contribution in [1.82, 2.24) is 5.32 Å². The lowest BCUT2D eigenvalue weighted by Crippen LogP contribution is -2.40. The molecule has 1 atom stereocenters. The van der Waals surface area contributed by atoms with Gasteiger partial charge in [-0.25, -0.2) is 4.79 Å². The molecule has 0 spiro atoms. The van der Waals surface area contributed by atoms with Gasteiger partial charge in [0, 0.05) is 0 Å². The van der Waals surface area contributed by atoms with Crippen LogP contribution in [-0.4, -0.2) is 23.0 Å². The lowest BCUT2D eigenvalue weighted by Gasteiger charge is -2.11. The van der Waals surface area contributed by atoms with Crippen LogP contribution in [0.4, 0.5) is 0 Å². The number of hydrogen-bond donors (Lipinski definition) is 2. The second kappa shape index (κ2) is 5.67. The second-order valence-corrected chi connectivity index (χ2v) is 4.31. The molecule has 0 aromatic carbocycles. The van der Waals surface area contributed by atoms with E-state index in [0.29, 0.717) is 9.90 Å². The molecular formula is C10H10ClNO3S. The van der Waals surface area contributed by atoms with Gasteiger partial charge >= 0.3 is 5.97 Å². The van der Waals surface area contributed by atoms with Crippen LogP contribution in [0.3, 0.4) is 0 Å². The van der Waals surface area contributed by atoms with Crippen molar-refractivity contribution in [3.8, 4) is 0 Å². The number of nitrogens with one attached hydrogen (secondary N) is 1. The van der Waals surface area contributed by atoms with Gasteiger partial charge in [-0.2, -0.15) is 0 Å². The Kier molecular flexibility index (Phi) is 4.52. The molecule has 1 amide bonds. The Morgan fingerprint density at radius 2 is 2.38 bits per heavy atom. The Morgan fingerprint density at radius 1 is 1.69 bits per heavy atom. The van der Waals surface area contributed by atoms with Crippen LogP contribution in [0.15, 0.2) is 24.1 Å². The fourth-order valence-corrected chi connectivity index (χ4v) is 2.11. The van der Waals surface area contributed by atoms with Crippen molar-refractivity contribution in [2.45, 2.75) is 12.5 Å². The molecule has 0 radical (unpaired) electrons. The lowest BCUT2D eigenvalue weighted by molar-refractivity contribution is -0.139.